The summed E-state index contributed by atoms with van der Waals surface area (Å²) in [6, 6.07) is 6.36. The quantitative estimate of drug-likeness (QED) is 0.819. The van der Waals surface area contributed by atoms with Gasteiger partial charge >= 0.3 is 0 Å². The maximum Gasteiger partial charge on any atom is 0.237 e. The van der Waals surface area contributed by atoms with Gasteiger partial charge in [-0.1, -0.05) is 31.4 Å². The average molecular weight is 360 g/mol. The second-order valence-electron chi connectivity index (χ2n) is 7.69. The molecular formula is C21H32N2O3. The van der Waals surface area contributed by atoms with Gasteiger partial charge in [0.15, 0.2) is 0 Å². The van der Waals surface area contributed by atoms with Crippen molar-refractivity contribution in [2.75, 3.05) is 26.7 Å². The number of rotatable bonds is 6. The Morgan fingerprint density at radius 1 is 1.35 bits per heavy atom. The van der Waals surface area contributed by atoms with Gasteiger partial charge in [-0.3, -0.25) is 4.79 Å². The molecule has 2 N–H and O–H groups in total. The first kappa shape index (κ1) is 19.2. The van der Waals surface area contributed by atoms with Gasteiger partial charge in [0.05, 0.1) is 25.8 Å². The third kappa shape index (κ3) is 4.21. The fourth-order valence-electron chi connectivity index (χ4n) is 4.57. The lowest BCUT2D eigenvalue weighted by Crippen LogP contribution is -2.47. The van der Waals surface area contributed by atoms with E-state index in [1.165, 1.54) is 43.2 Å². The number of nitrogens with zero attached hydrogens (tertiary/aromatic N) is 1. The van der Waals surface area contributed by atoms with Gasteiger partial charge in [0.25, 0.3) is 0 Å². The number of hydrogen-bond donors (Lipinski definition) is 2. The number of benzene rings is 1. The Morgan fingerprint density at radius 2 is 2.12 bits per heavy atom. The topological polar surface area (TPSA) is 61.8 Å². The maximum absolute atomic E-state index is 13.0. The molecule has 1 aliphatic heterocycles. The van der Waals surface area contributed by atoms with E-state index in [9.17, 15) is 9.90 Å². The predicted octanol–water partition coefficient (Wildman–Crippen LogP) is 2.67. The highest BCUT2D eigenvalue weighted by atomic mass is 16.5. The van der Waals surface area contributed by atoms with Gasteiger partial charge in [0.1, 0.15) is 5.75 Å². The van der Waals surface area contributed by atoms with Crippen molar-refractivity contribution >= 4 is 5.91 Å². The van der Waals surface area contributed by atoms with Crippen molar-refractivity contribution in [3.8, 4) is 5.75 Å². The third-order valence-corrected chi connectivity index (χ3v) is 5.76. The van der Waals surface area contributed by atoms with Gasteiger partial charge in [0.2, 0.25) is 5.91 Å². The second kappa shape index (κ2) is 8.87. The monoisotopic (exact) mass is 360 g/mol. The lowest BCUT2D eigenvalue weighted by Gasteiger charge is -2.43. The zero-order valence-electron chi connectivity index (χ0n) is 16.0. The maximum atomic E-state index is 13.0. The zero-order valence-corrected chi connectivity index (χ0v) is 16.0. The van der Waals surface area contributed by atoms with Crippen LogP contribution in [0.3, 0.4) is 0 Å². The molecule has 1 saturated carbocycles. The Kier molecular flexibility index (Phi) is 6.54. The Morgan fingerprint density at radius 3 is 2.81 bits per heavy atom. The van der Waals surface area contributed by atoms with Crippen molar-refractivity contribution in [2.45, 2.75) is 57.6 Å². The zero-order chi connectivity index (χ0) is 18.5. The summed E-state index contributed by atoms with van der Waals surface area (Å²) in [4.78, 5) is 15.0. The lowest BCUT2D eigenvalue weighted by atomic mass is 9.77. The molecule has 3 rings (SSSR count). The fourth-order valence-corrected chi connectivity index (χ4v) is 4.57. The highest BCUT2D eigenvalue weighted by molar-refractivity contribution is 5.79. The normalized spacial score (nSPS) is 22.0. The van der Waals surface area contributed by atoms with E-state index in [1.54, 1.807) is 14.0 Å². The summed E-state index contributed by atoms with van der Waals surface area (Å²) in [7, 11) is 1.72. The molecular weight excluding hydrogens is 328 g/mol. The molecule has 1 amide bonds. The molecule has 1 unspecified atom stereocenters. The Labute approximate surface area is 156 Å². The van der Waals surface area contributed by atoms with E-state index >= 15 is 0 Å². The first-order valence-electron chi connectivity index (χ1n) is 9.96. The van der Waals surface area contributed by atoms with E-state index in [-0.39, 0.29) is 18.5 Å². The first-order valence-corrected chi connectivity index (χ1v) is 9.96. The molecule has 0 saturated heterocycles. The first-order chi connectivity index (χ1) is 12.6. The Hall–Kier alpha value is -1.59. The van der Waals surface area contributed by atoms with Crippen molar-refractivity contribution in [1.29, 1.82) is 0 Å². The van der Waals surface area contributed by atoms with Gasteiger partial charge in [-0.2, -0.15) is 0 Å². The molecule has 0 aromatic heterocycles. The summed E-state index contributed by atoms with van der Waals surface area (Å²) in [5, 5.41) is 12.5. The number of aliphatic hydroxyl groups excluding tert-OH is 1. The number of carbonyl (C=O) groups is 1. The van der Waals surface area contributed by atoms with Crippen LogP contribution in [0.2, 0.25) is 0 Å². The number of methoxy groups -OCH3 is 1. The molecule has 1 fully saturated rings. The number of amides is 1. The molecule has 144 valence electrons. The van der Waals surface area contributed by atoms with Crippen LogP contribution in [-0.2, 0) is 11.2 Å². The fraction of sp³-hybridized carbons (Fsp3) is 0.667. The average Bonchev–Trinajstić information content (AvgIpc) is 2.66. The van der Waals surface area contributed by atoms with Crippen molar-refractivity contribution in [1.82, 2.24) is 10.2 Å². The van der Waals surface area contributed by atoms with Gasteiger partial charge in [0, 0.05) is 18.7 Å². The molecule has 1 aromatic rings. The van der Waals surface area contributed by atoms with Crippen LogP contribution >= 0.6 is 0 Å². The van der Waals surface area contributed by atoms with Crippen LogP contribution in [0.5, 0.6) is 5.75 Å². The number of fused-ring (bicyclic) bond motifs is 1. The standard InChI is InChI=1S/C21H32N2O3/c1-15(24)13-22-14-19(25)23-12-11-16-9-6-10-18(26-2)20(16)21(23)17-7-4-3-5-8-17/h6,9-10,15,17,21-22,24H,3-5,7-8,11-14H2,1-2H3/t15-,21?/m1/s1. The minimum atomic E-state index is -0.445. The predicted molar refractivity (Wildman–Crippen MR) is 102 cm³/mol. The van der Waals surface area contributed by atoms with Crippen molar-refractivity contribution < 1.29 is 14.6 Å². The molecule has 0 spiro atoms. The summed E-state index contributed by atoms with van der Waals surface area (Å²) in [6.45, 7) is 3.20. The van der Waals surface area contributed by atoms with Crippen molar-refractivity contribution in [2.24, 2.45) is 5.92 Å². The largest absolute Gasteiger partial charge is 0.496 e. The minimum Gasteiger partial charge on any atom is -0.496 e. The van der Waals surface area contributed by atoms with Crippen LogP contribution in [0.1, 0.15) is 56.2 Å². The SMILES string of the molecule is COc1cccc2c1C(C1CCCCC1)N(C(=O)CNC[C@@H](C)O)CC2. The Bertz CT molecular complexity index is 597. The molecule has 26 heavy (non-hydrogen) atoms. The van der Waals surface area contributed by atoms with Crippen LogP contribution in [-0.4, -0.2) is 48.8 Å². The van der Waals surface area contributed by atoms with E-state index in [0.717, 1.165) is 18.7 Å². The lowest BCUT2D eigenvalue weighted by molar-refractivity contribution is -0.134. The smallest absolute Gasteiger partial charge is 0.237 e. The molecule has 0 radical (unpaired) electrons. The molecule has 2 atom stereocenters. The molecule has 5 heteroatoms. The molecule has 1 aliphatic carbocycles. The number of ether oxygens (including phenoxy) is 1. The molecule has 2 aliphatic rings. The molecule has 5 nitrogen and oxygen atoms in total. The van der Waals surface area contributed by atoms with E-state index in [1.807, 2.05) is 6.07 Å². The van der Waals surface area contributed by atoms with Gasteiger partial charge < -0.3 is 20.1 Å². The second-order valence-corrected chi connectivity index (χ2v) is 7.69. The summed E-state index contributed by atoms with van der Waals surface area (Å²) >= 11 is 0. The highest BCUT2D eigenvalue weighted by Crippen LogP contribution is 2.45. The number of carbonyl (C=O) groups excluding carboxylic acids is 1. The Balaban J connectivity index is 1.87. The third-order valence-electron chi connectivity index (χ3n) is 5.76. The van der Waals surface area contributed by atoms with Gasteiger partial charge in [-0.25, -0.2) is 0 Å². The number of nitrogens with one attached hydrogen (secondary N) is 1. The van der Waals surface area contributed by atoms with Crippen LogP contribution < -0.4 is 10.1 Å². The van der Waals surface area contributed by atoms with Gasteiger partial charge in [-0.15, -0.1) is 0 Å². The van der Waals surface area contributed by atoms with E-state index in [2.05, 4.69) is 22.3 Å². The molecule has 1 aromatic carbocycles. The van der Waals surface area contributed by atoms with Crippen molar-refractivity contribution in [3.63, 3.8) is 0 Å². The van der Waals surface area contributed by atoms with E-state index in [4.69, 9.17) is 4.74 Å². The summed E-state index contributed by atoms with van der Waals surface area (Å²) in [5.74, 6) is 1.53. The van der Waals surface area contributed by atoms with E-state index in [0.29, 0.717) is 12.5 Å². The summed E-state index contributed by atoms with van der Waals surface area (Å²) in [6.07, 6.45) is 6.56. The summed E-state index contributed by atoms with van der Waals surface area (Å²) < 4.78 is 5.69. The highest BCUT2D eigenvalue weighted by Gasteiger charge is 2.38. The van der Waals surface area contributed by atoms with Crippen LogP contribution in [0.15, 0.2) is 18.2 Å². The minimum absolute atomic E-state index is 0.107. The van der Waals surface area contributed by atoms with Gasteiger partial charge in [-0.05, 0) is 43.7 Å². The molecule has 1 heterocycles. The number of hydrogen-bond acceptors (Lipinski definition) is 4. The number of aliphatic hydroxyl groups is 1. The van der Waals surface area contributed by atoms with Crippen LogP contribution in [0.4, 0.5) is 0 Å². The van der Waals surface area contributed by atoms with Crippen LogP contribution in [0.25, 0.3) is 0 Å². The summed E-state index contributed by atoms with van der Waals surface area (Å²) in [5.41, 5.74) is 2.54. The van der Waals surface area contributed by atoms with Crippen molar-refractivity contribution in [3.05, 3.63) is 29.3 Å². The van der Waals surface area contributed by atoms with E-state index < -0.39 is 6.10 Å². The molecule has 0 bridgehead atoms. The van der Waals surface area contributed by atoms with Crippen LogP contribution in [0, 0.1) is 5.92 Å².